The maximum Gasteiger partial charge on any atom is 0.255 e. The van der Waals surface area contributed by atoms with Gasteiger partial charge in [0.15, 0.2) is 0 Å². The Hall–Kier alpha value is -2.29. The number of nitrogens with one attached hydrogen (secondary N) is 1. The van der Waals surface area contributed by atoms with Gasteiger partial charge in [0.05, 0.1) is 11.4 Å². The van der Waals surface area contributed by atoms with Crippen molar-refractivity contribution >= 4 is 17.3 Å². The Labute approximate surface area is 119 Å². The van der Waals surface area contributed by atoms with Gasteiger partial charge in [-0.2, -0.15) is 0 Å². The van der Waals surface area contributed by atoms with Crippen LogP contribution < -0.4 is 11.1 Å². The highest BCUT2D eigenvalue weighted by Crippen LogP contribution is 2.18. The second-order valence-electron chi connectivity index (χ2n) is 5.34. The van der Waals surface area contributed by atoms with Crippen molar-refractivity contribution in [1.82, 2.24) is 0 Å². The van der Waals surface area contributed by atoms with E-state index in [2.05, 4.69) is 19.2 Å². The summed E-state index contributed by atoms with van der Waals surface area (Å²) in [6.45, 7) is 4.36. The summed E-state index contributed by atoms with van der Waals surface area (Å²) in [4.78, 5) is 12.1. The lowest BCUT2D eigenvalue weighted by Crippen LogP contribution is -2.13. The molecule has 3 heteroatoms. The van der Waals surface area contributed by atoms with Gasteiger partial charge in [0.25, 0.3) is 5.91 Å². The molecule has 0 fully saturated rings. The summed E-state index contributed by atoms with van der Waals surface area (Å²) in [5, 5.41) is 2.82. The fourth-order valence-corrected chi connectivity index (χ4v) is 2.07. The smallest absolute Gasteiger partial charge is 0.255 e. The molecule has 0 saturated carbocycles. The van der Waals surface area contributed by atoms with Crippen molar-refractivity contribution in [2.75, 3.05) is 11.1 Å². The largest absolute Gasteiger partial charge is 0.397 e. The van der Waals surface area contributed by atoms with Gasteiger partial charge in [-0.25, -0.2) is 0 Å². The van der Waals surface area contributed by atoms with Gasteiger partial charge < -0.3 is 11.1 Å². The monoisotopic (exact) mass is 268 g/mol. The summed E-state index contributed by atoms with van der Waals surface area (Å²) in [5.74, 6) is 0.470. The third-order valence-corrected chi connectivity index (χ3v) is 3.07. The number of para-hydroxylation sites is 2. The number of rotatable bonds is 4. The van der Waals surface area contributed by atoms with E-state index >= 15 is 0 Å². The van der Waals surface area contributed by atoms with Crippen LogP contribution in [0.5, 0.6) is 0 Å². The Morgan fingerprint density at radius 3 is 2.35 bits per heavy atom. The normalized spacial score (nSPS) is 10.6. The topological polar surface area (TPSA) is 55.1 Å². The number of carbonyl (C=O) groups is 1. The highest BCUT2D eigenvalue weighted by Gasteiger charge is 2.08. The molecule has 2 rings (SSSR count). The van der Waals surface area contributed by atoms with E-state index in [0.717, 1.165) is 6.42 Å². The molecule has 0 saturated heterocycles. The molecule has 2 aromatic carbocycles. The molecule has 0 aliphatic rings. The second-order valence-corrected chi connectivity index (χ2v) is 5.34. The Morgan fingerprint density at radius 2 is 1.75 bits per heavy atom. The van der Waals surface area contributed by atoms with Crippen molar-refractivity contribution in [3.63, 3.8) is 0 Å². The molecule has 3 N–H and O–H groups in total. The molecule has 0 radical (unpaired) electrons. The Morgan fingerprint density at radius 1 is 1.10 bits per heavy atom. The minimum Gasteiger partial charge on any atom is -0.397 e. The van der Waals surface area contributed by atoms with Crippen LogP contribution in [0.1, 0.15) is 29.8 Å². The molecule has 0 heterocycles. The van der Waals surface area contributed by atoms with Gasteiger partial charge in [-0.05, 0) is 42.2 Å². The SMILES string of the molecule is CC(C)Cc1ccc(C(=O)Nc2ccccc2N)cc1. The van der Waals surface area contributed by atoms with E-state index in [1.165, 1.54) is 5.56 Å². The summed E-state index contributed by atoms with van der Waals surface area (Å²) < 4.78 is 0. The molecule has 20 heavy (non-hydrogen) atoms. The van der Waals surface area contributed by atoms with Crippen molar-refractivity contribution in [3.05, 3.63) is 59.7 Å². The lowest BCUT2D eigenvalue weighted by molar-refractivity contribution is 0.102. The fourth-order valence-electron chi connectivity index (χ4n) is 2.07. The first-order valence-corrected chi connectivity index (χ1v) is 6.81. The average Bonchev–Trinajstić information content (AvgIpc) is 2.41. The Kier molecular flexibility index (Phi) is 4.41. The predicted molar refractivity (Wildman–Crippen MR) is 83.8 cm³/mol. The Bertz CT molecular complexity index is 588. The van der Waals surface area contributed by atoms with Crippen LogP contribution in [0.2, 0.25) is 0 Å². The number of carbonyl (C=O) groups excluding carboxylic acids is 1. The number of amides is 1. The predicted octanol–water partition coefficient (Wildman–Crippen LogP) is 3.72. The van der Waals surface area contributed by atoms with Gasteiger partial charge >= 0.3 is 0 Å². The van der Waals surface area contributed by atoms with Gasteiger partial charge in [0.1, 0.15) is 0 Å². The minimum atomic E-state index is -0.140. The lowest BCUT2D eigenvalue weighted by atomic mass is 10.0. The van der Waals surface area contributed by atoms with Crippen LogP contribution in [0.4, 0.5) is 11.4 Å². The van der Waals surface area contributed by atoms with Crippen LogP contribution >= 0.6 is 0 Å². The number of nitrogens with two attached hydrogens (primary N) is 1. The maximum absolute atomic E-state index is 12.1. The van der Waals surface area contributed by atoms with E-state index in [9.17, 15) is 4.79 Å². The van der Waals surface area contributed by atoms with Crippen molar-refractivity contribution in [2.45, 2.75) is 20.3 Å². The van der Waals surface area contributed by atoms with Gasteiger partial charge in [-0.15, -0.1) is 0 Å². The first-order chi connectivity index (χ1) is 9.56. The fraction of sp³-hybridized carbons (Fsp3) is 0.235. The lowest BCUT2D eigenvalue weighted by Gasteiger charge is -2.09. The van der Waals surface area contributed by atoms with Crippen molar-refractivity contribution in [3.8, 4) is 0 Å². The zero-order chi connectivity index (χ0) is 14.5. The second kappa shape index (κ2) is 6.24. The highest BCUT2D eigenvalue weighted by atomic mass is 16.1. The van der Waals surface area contributed by atoms with Crippen LogP contribution in [0.25, 0.3) is 0 Å². The quantitative estimate of drug-likeness (QED) is 0.830. The molecule has 0 unspecified atom stereocenters. The summed E-state index contributed by atoms with van der Waals surface area (Å²) in [6.07, 6.45) is 1.02. The Balaban J connectivity index is 2.08. The van der Waals surface area contributed by atoms with Crippen LogP contribution in [0.15, 0.2) is 48.5 Å². The van der Waals surface area contributed by atoms with E-state index in [1.807, 2.05) is 36.4 Å². The highest BCUT2D eigenvalue weighted by molar-refractivity contribution is 6.05. The number of nitrogen functional groups attached to an aromatic ring is 1. The number of hydrogen-bond donors (Lipinski definition) is 2. The first kappa shape index (κ1) is 14.1. The van der Waals surface area contributed by atoms with Crippen LogP contribution in [-0.2, 0) is 6.42 Å². The summed E-state index contributed by atoms with van der Waals surface area (Å²) in [7, 11) is 0. The summed E-state index contributed by atoms with van der Waals surface area (Å²) >= 11 is 0. The molecule has 0 spiro atoms. The molecule has 104 valence electrons. The van der Waals surface area contributed by atoms with Gasteiger partial charge in [-0.1, -0.05) is 38.1 Å². The summed E-state index contributed by atoms with van der Waals surface area (Å²) in [6, 6.07) is 15.0. The molecule has 0 aliphatic carbocycles. The number of anilines is 2. The van der Waals surface area contributed by atoms with E-state index < -0.39 is 0 Å². The molecule has 0 atom stereocenters. The van der Waals surface area contributed by atoms with E-state index in [1.54, 1.807) is 12.1 Å². The van der Waals surface area contributed by atoms with E-state index in [0.29, 0.717) is 22.9 Å². The minimum absolute atomic E-state index is 0.140. The van der Waals surface area contributed by atoms with Crippen LogP contribution in [-0.4, -0.2) is 5.91 Å². The van der Waals surface area contributed by atoms with Crippen LogP contribution in [0, 0.1) is 5.92 Å². The molecular weight excluding hydrogens is 248 g/mol. The van der Waals surface area contributed by atoms with E-state index in [4.69, 9.17) is 5.73 Å². The summed E-state index contributed by atoms with van der Waals surface area (Å²) in [5.41, 5.74) is 8.91. The molecule has 1 amide bonds. The molecule has 0 bridgehead atoms. The third kappa shape index (κ3) is 3.60. The first-order valence-electron chi connectivity index (χ1n) is 6.81. The van der Waals surface area contributed by atoms with E-state index in [-0.39, 0.29) is 5.91 Å². The third-order valence-electron chi connectivity index (χ3n) is 3.07. The van der Waals surface area contributed by atoms with Crippen molar-refractivity contribution in [1.29, 1.82) is 0 Å². The standard InChI is InChI=1S/C17H20N2O/c1-12(2)11-13-7-9-14(10-8-13)17(20)19-16-6-4-3-5-15(16)18/h3-10,12H,11,18H2,1-2H3,(H,19,20). The molecular formula is C17H20N2O. The zero-order valence-corrected chi connectivity index (χ0v) is 11.9. The molecule has 3 nitrogen and oxygen atoms in total. The van der Waals surface area contributed by atoms with Crippen LogP contribution in [0.3, 0.4) is 0 Å². The average molecular weight is 268 g/mol. The number of benzene rings is 2. The molecule has 2 aromatic rings. The van der Waals surface area contributed by atoms with Crippen molar-refractivity contribution in [2.24, 2.45) is 5.92 Å². The van der Waals surface area contributed by atoms with Crippen molar-refractivity contribution < 1.29 is 4.79 Å². The maximum atomic E-state index is 12.1. The van der Waals surface area contributed by atoms with Gasteiger partial charge in [0.2, 0.25) is 0 Å². The van der Waals surface area contributed by atoms with Gasteiger partial charge in [-0.3, -0.25) is 4.79 Å². The zero-order valence-electron chi connectivity index (χ0n) is 11.9. The molecule has 0 aromatic heterocycles. The number of hydrogen-bond acceptors (Lipinski definition) is 2. The molecule has 0 aliphatic heterocycles. The van der Waals surface area contributed by atoms with Gasteiger partial charge in [0, 0.05) is 5.56 Å².